The molecule has 0 spiro atoms. The smallest absolute Gasteiger partial charge is 1.00 e. The van der Waals surface area contributed by atoms with Gasteiger partial charge in [0, 0.05) is 11.5 Å². The van der Waals surface area contributed by atoms with Gasteiger partial charge in [-0.2, -0.15) is 6.07 Å². The second-order valence-electron chi connectivity index (χ2n) is 8.51. The summed E-state index contributed by atoms with van der Waals surface area (Å²) < 4.78 is 12.4. The van der Waals surface area contributed by atoms with E-state index in [0.29, 0.717) is 0 Å². The molecular formula is C24H29Cl2O2Si2Zr-. The maximum atomic E-state index is 6.56. The maximum absolute atomic E-state index is 6.56. The third-order valence-corrected chi connectivity index (χ3v) is 5.48. The predicted octanol–water partition coefficient (Wildman–Crippen LogP) is 0.663. The van der Waals surface area contributed by atoms with Crippen LogP contribution in [0.1, 0.15) is 22.6 Å². The van der Waals surface area contributed by atoms with Crippen LogP contribution in [0.25, 0.3) is 16.5 Å². The van der Waals surface area contributed by atoms with Crippen LogP contribution in [0, 0.1) is 0 Å². The second-order valence-corrected chi connectivity index (χ2v) is 22.3. The van der Waals surface area contributed by atoms with Gasteiger partial charge in [-0.15, -0.1) is 40.6 Å². The Bertz CT molecular complexity index is 1070. The van der Waals surface area contributed by atoms with Crippen molar-refractivity contribution in [2.45, 2.75) is 38.7 Å². The van der Waals surface area contributed by atoms with Crippen LogP contribution in [0.15, 0.2) is 66.4 Å². The number of fused-ring (bicyclic) bond motifs is 2. The molecule has 3 aromatic carbocycles. The Morgan fingerprint density at radius 3 is 2.13 bits per heavy atom. The van der Waals surface area contributed by atoms with Gasteiger partial charge in [-0.3, -0.25) is 0 Å². The monoisotopic (exact) mass is 565 g/mol. The van der Waals surface area contributed by atoms with Gasteiger partial charge in [0.05, 0.1) is 7.11 Å². The van der Waals surface area contributed by atoms with Crippen molar-refractivity contribution in [2.75, 3.05) is 7.11 Å². The standard InChI is InChI=1S/C22H23O2Si.C2H6Si.2ClH.Zr/c1-23-21-19-12-8-7-11-17(19)20(22(21)24-25(2,3)4)18-14-13-15-9-5-6-10-16(15)18;1-3-2;;;/h5-14,20H,1-4H3;1-2H3;2*1H;/q-1;;;;+2/p-2. The predicted molar refractivity (Wildman–Crippen MR) is 124 cm³/mol. The molecule has 1 atom stereocenters. The van der Waals surface area contributed by atoms with Crippen molar-refractivity contribution in [3.05, 3.63) is 83.1 Å². The van der Waals surface area contributed by atoms with Gasteiger partial charge in [-0.1, -0.05) is 30.3 Å². The van der Waals surface area contributed by atoms with Gasteiger partial charge in [-0.25, -0.2) is 0 Å². The first-order chi connectivity index (χ1) is 13.7. The molecule has 2 nitrogen and oxygen atoms in total. The van der Waals surface area contributed by atoms with Crippen molar-refractivity contribution < 1.29 is 57.3 Å². The van der Waals surface area contributed by atoms with Gasteiger partial charge >= 0.3 is 41.9 Å². The number of benzene rings is 2. The largest absolute Gasteiger partial charge is 1.00 e. The van der Waals surface area contributed by atoms with Crippen molar-refractivity contribution in [3.63, 3.8) is 0 Å². The average Bonchev–Trinajstić information content (AvgIpc) is 3.18. The van der Waals surface area contributed by atoms with Gasteiger partial charge in [0.1, 0.15) is 5.76 Å². The van der Waals surface area contributed by atoms with Crippen LogP contribution in [0.2, 0.25) is 32.7 Å². The number of allylic oxidation sites excluding steroid dienone is 1. The van der Waals surface area contributed by atoms with Crippen molar-refractivity contribution in [2.24, 2.45) is 0 Å². The van der Waals surface area contributed by atoms with Gasteiger partial charge in [-0.05, 0) is 25.2 Å². The molecule has 164 valence electrons. The molecule has 0 radical (unpaired) electrons. The van der Waals surface area contributed by atoms with E-state index >= 15 is 0 Å². The molecule has 0 heterocycles. The zero-order valence-corrected chi connectivity index (χ0v) is 24.9. The summed E-state index contributed by atoms with van der Waals surface area (Å²) >= 11 is 1.74. The molecule has 0 saturated heterocycles. The van der Waals surface area contributed by atoms with Crippen LogP contribution in [-0.4, -0.2) is 20.9 Å². The molecule has 0 saturated carbocycles. The van der Waals surface area contributed by atoms with Crippen molar-refractivity contribution in [3.8, 4) is 0 Å². The number of hydrogen-bond donors (Lipinski definition) is 0. The Kier molecular flexibility index (Phi) is 10.9. The molecular weight excluding hydrogens is 539 g/mol. The minimum atomic E-state index is -1.78. The van der Waals surface area contributed by atoms with E-state index in [4.69, 9.17) is 9.16 Å². The van der Waals surface area contributed by atoms with Gasteiger partial charge in [0.2, 0.25) is 8.32 Å². The summed E-state index contributed by atoms with van der Waals surface area (Å²) in [6.45, 7) is 11.3. The van der Waals surface area contributed by atoms with E-state index in [0.717, 1.165) is 17.1 Å². The van der Waals surface area contributed by atoms with Crippen LogP contribution in [0.4, 0.5) is 0 Å². The molecule has 1 unspecified atom stereocenters. The summed E-state index contributed by atoms with van der Waals surface area (Å²) in [4.78, 5) is 0. The van der Waals surface area contributed by atoms with Crippen LogP contribution >= 0.6 is 0 Å². The number of hydrogen-bond acceptors (Lipinski definition) is 2. The zero-order valence-electron chi connectivity index (χ0n) is 18.9. The van der Waals surface area contributed by atoms with Crippen LogP contribution in [0.3, 0.4) is 0 Å². The van der Waals surface area contributed by atoms with E-state index in [-0.39, 0.29) is 36.2 Å². The van der Waals surface area contributed by atoms with Crippen LogP contribution in [0.5, 0.6) is 0 Å². The first kappa shape index (κ1) is 28.3. The first-order valence-electron chi connectivity index (χ1n) is 9.95. The Balaban J connectivity index is 0.000000741. The van der Waals surface area contributed by atoms with Crippen LogP contribution < -0.4 is 24.8 Å². The fourth-order valence-electron chi connectivity index (χ4n) is 3.74. The summed E-state index contributed by atoms with van der Waals surface area (Å²) in [5.74, 6) is 1.95. The van der Waals surface area contributed by atoms with Gasteiger partial charge in [0.25, 0.3) is 0 Å². The van der Waals surface area contributed by atoms with Crippen LogP contribution in [-0.2, 0) is 32.5 Å². The zero-order chi connectivity index (χ0) is 21.2. The maximum Gasteiger partial charge on any atom is -1.00 e. The molecule has 0 amide bonds. The third kappa shape index (κ3) is 6.64. The number of halogens is 2. The Labute approximate surface area is 215 Å². The normalized spacial score (nSPS) is 14.6. The molecule has 1 aliphatic rings. The second kappa shape index (κ2) is 11.9. The molecule has 0 N–H and O–H groups in total. The van der Waals surface area contributed by atoms with Crippen molar-refractivity contribution in [1.29, 1.82) is 0 Å². The van der Waals surface area contributed by atoms with E-state index in [1.165, 1.54) is 21.9 Å². The molecule has 7 heteroatoms. The van der Waals surface area contributed by atoms with E-state index in [9.17, 15) is 0 Å². The molecule has 1 aliphatic carbocycles. The SMILES string of the molecule is COC1=C(O[Si](C)(C)C)C([c-]2ccc3ccccc32)c2ccccc21.C[Si](C)=[Zr+2].[Cl-].[Cl-]. The molecule has 31 heavy (non-hydrogen) atoms. The Hall–Kier alpha value is -0.713. The quantitative estimate of drug-likeness (QED) is 0.341. The summed E-state index contributed by atoms with van der Waals surface area (Å²) in [5.41, 5.74) is 3.92. The topological polar surface area (TPSA) is 18.5 Å². The minimum Gasteiger partial charge on any atom is -1.00 e. The minimum absolute atomic E-state index is 0. The number of methoxy groups -OCH3 is 1. The summed E-state index contributed by atoms with van der Waals surface area (Å²) in [7, 11) is -0.0379. The fraction of sp³-hybridized carbons (Fsp3) is 0.292. The average molecular weight is 568 g/mol. The Morgan fingerprint density at radius 1 is 0.935 bits per heavy atom. The first-order valence-corrected chi connectivity index (χ1v) is 19.5. The Morgan fingerprint density at radius 2 is 1.52 bits per heavy atom. The molecule has 0 aromatic heterocycles. The molecule has 0 bridgehead atoms. The van der Waals surface area contributed by atoms with Gasteiger partial charge < -0.3 is 34.0 Å². The van der Waals surface area contributed by atoms with E-state index in [1.54, 1.807) is 30.4 Å². The summed E-state index contributed by atoms with van der Waals surface area (Å²) in [5, 5.41) is 2.56. The summed E-state index contributed by atoms with van der Waals surface area (Å²) in [6, 6.07) is 21.5. The summed E-state index contributed by atoms with van der Waals surface area (Å²) in [6.07, 6.45) is 0. The van der Waals surface area contributed by atoms with Gasteiger partial charge in [0.15, 0.2) is 5.76 Å². The number of ether oxygens (including phenoxy) is 1. The van der Waals surface area contributed by atoms with E-state index in [2.05, 4.69) is 93.4 Å². The van der Waals surface area contributed by atoms with Crippen molar-refractivity contribution in [1.82, 2.24) is 0 Å². The molecule has 4 rings (SSSR count). The molecule has 3 aromatic rings. The molecule has 0 fully saturated rings. The van der Waals surface area contributed by atoms with Crippen molar-refractivity contribution >= 4 is 30.3 Å². The third-order valence-electron chi connectivity index (χ3n) is 4.65. The number of rotatable bonds is 4. The fourth-order valence-corrected chi connectivity index (χ4v) is 4.61. The molecule has 0 aliphatic heterocycles. The van der Waals surface area contributed by atoms with E-state index < -0.39 is 8.32 Å². The van der Waals surface area contributed by atoms with E-state index in [1.807, 2.05) is 0 Å².